The van der Waals surface area contributed by atoms with E-state index >= 15 is 0 Å². The van der Waals surface area contributed by atoms with E-state index in [1.807, 2.05) is 48.5 Å². The van der Waals surface area contributed by atoms with Crippen molar-refractivity contribution in [3.8, 4) is 0 Å². The van der Waals surface area contributed by atoms with E-state index in [1.54, 1.807) is 12.4 Å². The lowest BCUT2D eigenvalue weighted by atomic mass is 9.97. The van der Waals surface area contributed by atoms with Gasteiger partial charge in [0.1, 0.15) is 5.69 Å². The van der Waals surface area contributed by atoms with E-state index in [2.05, 4.69) is 43.8 Å². The van der Waals surface area contributed by atoms with Gasteiger partial charge in [0.05, 0.1) is 11.8 Å². The van der Waals surface area contributed by atoms with Crippen molar-refractivity contribution in [1.82, 2.24) is 15.0 Å². The Morgan fingerprint density at radius 2 is 1.69 bits per heavy atom. The average Bonchev–Trinajstić information content (AvgIpc) is 3.01. The van der Waals surface area contributed by atoms with E-state index in [-0.39, 0.29) is 17.8 Å². The summed E-state index contributed by atoms with van der Waals surface area (Å²) in [5, 5.41) is 6.87. The highest BCUT2D eigenvalue weighted by Crippen LogP contribution is 2.37. The van der Waals surface area contributed by atoms with Gasteiger partial charge in [0.25, 0.3) is 0 Å². The first-order valence-electron chi connectivity index (χ1n) is 10.3. The molecule has 0 spiro atoms. The Hall–Kier alpha value is -4.46. The maximum Gasteiger partial charge on any atom is 0.224 e. The van der Waals surface area contributed by atoms with Crippen LogP contribution in [0, 0.1) is 0 Å². The van der Waals surface area contributed by atoms with Crippen molar-refractivity contribution in [3.05, 3.63) is 90.3 Å². The number of hydrogen-bond acceptors (Lipinski definition) is 8. The summed E-state index contributed by atoms with van der Waals surface area (Å²) in [4.78, 5) is 17.4. The second-order valence-corrected chi connectivity index (χ2v) is 7.48. The Bertz CT molecular complexity index is 1270. The molecule has 3 heterocycles. The molecule has 1 aliphatic rings. The zero-order valence-corrected chi connectivity index (χ0v) is 17.2. The molecule has 1 aliphatic heterocycles. The summed E-state index contributed by atoms with van der Waals surface area (Å²) >= 11 is 0. The first-order chi connectivity index (χ1) is 15.7. The largest absolute Gasteiger partial charge is 0.382 e. The maximum absolute atomic E-state index is 6.17. The van der Waals surface area contributed by atoms with Crippen molar-refractivity contribution >= 4 is 40.4 Å². The van der Waals surface area contributed by atoms with Crippen LogP contribution in [0.2, 0.25) is 0 Å². The topological polar surface area (TPSA) is 127 Å². The van der Waals surface area contributed by atoms with Gasteiger partial charge in [-0.05, 0) is 35.4 Å². The molecule has 1 unspecified atom stereocenters. The van der Waals surface area contributed by atoms with E-state index in [0.29, 0.717) is 17.9 Å². The number of nitrogens with one attached hydrogen (secondary N) is 2. The second kappa shape index (κ2) is 8.35. The fourth-order valence-corrected chi connectivity index (χ4v) is 3.74. The van der Waals surface area contributed by atoms with Crippen LogP contribution >= 0.6 is 0 Å². The Kier molecular flexibility index (Phi) is 5.09. The van der Waals surface area contributed by atoms with E-state index < -0.39 is 0 Å². The van der Waals surface area contributed by atoms with Crippen molar-refractivity contribution in [3.63, 3.8) is 0 Å². The smallest absolute Gasteiger partial charge is 0.224 e. The summed E-state index contributed by atoms with van der Waals surface area (Å²) in [6.45, 7) is 0. The van der Waals surface area contributed by atoms with E-state index in [9.17, 15) is 0 Å². The molecular formula is C24H22N8. The molecule has 0 amide bonds. The molecule has 6 N–H and O–H groups in total. The number of nitrogens with zero attached hydrogens (tertiary/aromatic N) is 4. The number of nitrogens with two attached hydrogens (primary N) is 2. The highest BCUT2D eigenvalue weighted by atomic mass is 15.2. The molecule has 0 fully saturated rings. The highest BCUT2D eigenvalue weighted by molar-refractivity contribution is 6.05. The number of aromatic nitrogens is 3. The SMILES string of the molecule is Nc1nc(N)c2c(n1)NC(c1ccccc1)CC(c1cccc(Nc3ccncc3)c1)=N2. The zero-order valence-electron chi connectivity index (χ0n) is 17.2. The van der Waals surface area contributed by atoms with Crippen molar-refractivity contribution in [1.29, 1.82) is 0 Å². The summed E-state index contributed by atoms with van der Waals surface area (Å²) in [6, 6.07) is 22.1. The number of nitrogen functional groups attached to an aromatic ring is 2. The number of benzene rings is 2. The van der Waals surface area contributed by atoms with Crippen LogP contribution in [0.4, 0.5) is 34.6 Å². The molecule has 32 heavy (non-hydrogen) atoms. The second-order valence-electron chi connectivity index (χ2n) is 7.48. The third-order valence-electron chi connectivity index (χ3n) is 5.25. The van der Waals surface area contributed by atoms with Crippen LogP contribution in [0.1, 0.15) is 23.6 Å². The molecule has 0 saturated heterocycles. The molecule has 8 nitrogen and oxygen atoms in total. The van der Waals surface area contributed by atoms with Gasteiger partial charge in [0, 0.05) is 30.2 Å². The highest BCUT2D eigenvalue weighted by Gasteiger charge is 2.24. The summed E-state index contributed by atoms with van der Waals surface area (Å²) < 4.78 is 0. The molecule has 0 radical (unpaired) electrons. The molecule has 8 heteroatoms. The van der Waals surface area contributed by atoms with Crippen molar-refractivity contribution < 1.29 is 0 Å². The quantitative estimate of drug-likeness (QED) is 0.382. The molecule has 1 atom stereocenters. The van der Waals surface area contributed by atoms with Gasteiger partial charge in [-0.1, -0.05) is 42.5 Å². The van der Waals surface area contributed by atoms with E-state index in [1.165, 1.54) is 0 Å². The number of anilines is 5. The van der Waals surface area contributed by atoms with Gasteiger partial charge in [-0.2, -0.15) is 9.97 Å². The van der Waals surface area contributed by atoms with E-state index in [0.717, 1.165) is 28.2 Å². The lowest BCUT2D eigenvalue weighted by Crippen LogP contribution is -2.15. The number of rotatable bonds is 4. The minimum atomic E-state index is -0.0540. The van der Waals surface area contributed by atoms with Crippen molar-refractivity contribution in [2.45, 2.75) is 12.5 Å². The van der Waals surface area contributed by atoms with Gasteiger partial charge in [0.15, 0.2) is 11.6 Å². The van der Waals surface area contributed by atoms with Crippen molar-refractivity contribution in [2.24, 2.45) is 4.99 Å². The molecule has 4 aromatic rings. The van der Waals surface area contributed by atoms with Gasteiger partial charge in [0.2, 0.25) is 5.95 Å². The first-order valence-corrected chi connectivity index (χ1v) is 10.3. The summed E-state index contributed by atoms with van der Waals surface area (Å²) in [6.07, 6.45) is 4.14. The normalized spacial score (nSPS) is 15.1. The predicted octanol–water partition coefficient (Wildman–Crippen LogP) is 4.46. The maximum atomic E-state index is 6.17. The molecule has 0 aliphatic carbocycles. The van der Waals surface area contributed by atoms with Crippen LogP contribution in [0.25, 0.3) is 0 Å². The van der Waals surface area contributed by atoms with Crippen molar-refractivity contribution in [2.75, 3.05) is 22.1 Å². The molecule has 0 saturated carbocycles. The lowest BCUT2D eigenvalue weighted by molar-refractivity contribution is 0.822. The molecule has 2 aromatic carbocycles. The summed E-state index contributed by atoms with van der Waals surface area (Å²) in [5.74, 6) is 0.893. The third kappa shape index (κ3) is 4.06. The Balaban J connectivity index is 1.57. The summed E-state index contributed by atoms with van der Waals surface area (Å²) in [5.41, 5.74) is 17.4. The summed E-state index contributed by atoms with van der Waals surface area (Å²) in [7, 11) is 0. The van der Waals surface area contributed by atoms with Gasteiger partial charge in [-0.25, -0.2) is 4.99 Å². The number of fused-ring (bicyclic) bond motifs is 1. The fourth-order valence-electron chi connectivity index (χ4n) is 3.74. The zero-order chi connectivity index (χ0) is 21.9. The van der Waals surface area contributed by atoms with Gasteiger partial charge in [-0.15, -0.1) is 0 Å². The van der Waals surface area contributed by atoms with Gasteiger partial charge >= 0.3 is 0 Å². The molecule has 5 rings (SSSR count). The van der Waals surface area contributed by atoms with Crippen LogP contribution in [0.5, 0.6) is 0 Å². The minimum Gasteiger partial charge on any atom is -0.382 e. The molecule has 158 valence electrons. The Morgan fingerprint density at radius 3 is 2.50 bits per heavy atom. The van der Waals surface area contributed by atoms with Crippen LogP contribution in [-0.2, 0) is 0 Å². The van der Waals surface area contributed by atoms with Crippen LogP contribution in [0.3, 0.4) is 0 Å². The Labute approximate surface area is 185 Å². The monoisotopic (exact) mass is 422 g/mol. The van der Waals surface area contributed by atoms with E-state index in [4.69, 9.17) is 16.5 Å². The molecular weight excluding hydrogens is 400 g/mol. The average molecular weight is 422 g/mol. The van der Waals surface area contributed by atoms with Crippen LogP contribution < -0.4 is 22.1 Å². The third-order valence-corrected chi connectivity index (χ3v) is 5.25. The fraction of sp³-hybridized carbons (Fsp3) is 0.0833. The number of pyridine rings is 1. The number of hydrogen-bond donors (Lipinski definition) is 4. The standard InChI is InChI=1S/C24H22N8/c25-22-21-23(32-24(26)31-22)30-19(15-5-2-1-3-6-15)14-20(29-21)16-7-4-8-18(13-16)28-17-9-11-27-12-10-17/h1-13,19H,14H2,(H,27,28)(H5,25,26,30,31,32). The van der Waals surface area contributed by atoms with Gasteiger partial charge in [-0.3, -0.25) is 4.98 Å². The molecule has 2 aromatic heterocycles. The Morgan fingerprint density at radius 1 is 0.875 bits per heavy atom. The lowest BCUT2D eigenvalue weighted by Gasteiger charge is -2.19. The predicted molar refractivity (Wildman–Crippen MR) is 128 cm³/mol. The minimum absolute atomic E-state index is 0.0540. The van der Waals surface area contributed by atoms with Crippen LogP contribution in [-0.4, -0.2) is 20.7 Å². The number of aliphatic imine (C=N–C) groups is 1. The first kappa shape index (κ1) is 19.5. The van der Waals surface area contributed by atoms with Gasteiger partial charge < -0.3 is 22.1 Å². The molecule has 0 bridgehead atoms. The van der Waals surface area contributed by atoms with Crippen LogP contribution in [0.15, 0.2) is 84.1 Å².